The van der Waals surface area contributed by atoms with Gasteiger partial charge in [-0.1, -0.05) is 12.1 Å². The number of hydrogen-bond donors (Lipinski definition) is 0. The molecule has 1 aliphatic carbocycles. The van der Waals surface area contributed by atoms with Crippen LogP contribution in [0.3, 0.4) is 0 Å². The van der Waals surface area contributed by atoms with E-state index in [1.807, 2.05) is 0 Å². The number of methoxy groups -OCH3 is 1. The Bertz CT molecular complexity index is 434. The topological polar surface area (TPSA) is 12.5 Å². The van der Waals surface area contributed by atoms with Gasteiger partial charge in [-0.3, -0.25) is 4.90 Å². The number of ether oxygens (including phenoxy) is 1. The Labute approximate surface area is 140 Å². The van der Waals surface area contributed by atoms with Crippen molar-refractivity contribution in [1.82, 2.24) is 4.90 Å². The molecule has 0 fully saturated rings. The summed E-state index contributed by atoms with van der Waals surface area (Å²) in [5, 5.41) is 0.191. The van der Waals surface area contributed by atoms with E-state index in [9.17, 15) is 0 Å². The zero-order valence-corrected chi connectivity index (χ0v) is 15.0. The summed E-state index contributed by atoms with van der Waals surface area (Å²) in [6.07, 6.45) is 3.42. The smallest absolute Gasteiger partial charge is 0.122 e. The van der Waals surface area contributed by atoms with Gasteiger partial charge in [0.25, 0.3) is 0 Å². The van der Waals surface area contributed by atoms with Gasteiger partial charge in [0.1, 0.15) is 5.75 Å². The van der Waals surface area contributed by atoms with Crippen LogP contribution < -0.4 is 4.74 Å². The molecule has 1 aromatic rings. The summed E-state index contributed by atoms with van der Waals surface area (Å²) in [7, 11) is 1.76. The van der Waals surface area contributed by atoms with E-state index < -0.39 is 0 Å². The van der Waals surface area contributed by atoms with Gasteiger partial charge in [0.2, 0.25) is 0 Å². The van der Waals surface area contributed by atoms with Crippen LogP contribution in [0.5, 0.6) is 5.75 Å². The SMILES string of the molecule is COc1cccc2c1C[C@@H](N(C[C@H](C)Cl)C(C)C)CC2.Cl. The van der Waals surface area contributed by atoms with Crippen LogP contribution in [0.4, 0.5) is 0 Å². The Hall–Kier alpha value is -0.440. The fourth-order valence-corrected chi connectivity index (χ4v) is 3.44. The van der Waals surface area contributed by atoms with Crippen LogP contribution in [0.25, 0.3) is 0 Å². The fraction of sp³-hybridized carbons (Fsp3) is 0.647. The minimum absolute atomic E-state index is 0. The van der Waals surface area contributed by atoms with Crippen molar-refractivity contribution in [3.8, 4) is 5.75 Å². The van der Waals surface area contributed by atoms with Crippen molar-refractivity contribution in [3.63, 3.8) is 0 Å². The molecule has 0 spiro atoms. The zero-order valence-electron chi connectivity index (χ0n) is 13.4. The van der Waals surface area contributed by atoms with Crippen LogP contribution in [-0.2, 0) is 12.8 Å². The van der Waals surface area contributed by atoms with E-state index in [-0.39, 0.29) is 17.8 Å². The van der Waals surface area contributed by atoms with Crippen molar-refractivity contribution in [2.45, 2.75) is 57.5 Å². The molecule has 1 aliphatic rings. The van der Waals surface area contributed by atoms with E-state index in [1.54, 1.807) is 7.11 Å². The first kappa shape index (κ1) is 18.6. The van der Waals surface area contributed by atoms with Gasteiger partial charge in [-0.15, -0.1) is 24.0 Å². The van der Waals surface area contributed by atoms with Crippen molar-refractivity contribution < 1.29 is 4.74 Å². The van der Waals surface area contributed by atoms with Crippen LogP contribution >= 0.6 is 24.0 Å². The quantitative estimate of drug-likeness (QED) is 0.745. The molecule has 0 unspecified atom stereocenters. The second-order valence-electron chi connectivity index (χ2n) is 6.07. The maximum absolute atomic E-state index is 6.23. The van der Waals surface area contributed by atoms with E-state index in [2.05, 4.69) is 43.9 Å². The van der Waals surface area contributed by atoms with Gasteiger partial charge < -0.3 is 4.74 Å². The maximum Gasteiger partial charge on any atom is 0.122 e. The largest absolute Gasteiger partial charge is 0.496 e. The first-order valence-electron chi connectivity index (χ1n) is 7.57. The summed E-state index contributed by atoms with van der Waals surface area (Å²) in [6.45, 7) is 7.55. The molecule has 2 atom stereocenters. The van der Waals surface area contributed by atoms with Crippen LogP contribution in [-0.4, -0.2) is 36.0 Å². The number of benzene rings is 1. The van der Waals surface area contributed by atoms with Crippen LogP contribution in [0, 0.1) is 0 Å². The second kappa shape index (κ2) is 8.26. The third kappa shape index (κ3) is 4.51. The number of hydrogen-bond acceptors (Lipinski definition) is 2. The molecule has 2 rings (SSSR count). The highest BCUT2D eigenvalue weighted by Crippen LogP contribution is 2.32. The molecule has 0 amide bonds. The molecule has 120 valence electrons. The molecular weight excluding hydrogens is 305 g/mol. The van der Waals surface area contributed by atoms with Crippen LogP contribution in [0.1, 0.15) is 38.3 Å². The minimum atomic E-state index is 0. The molecule has 0 radical (unpaired) electrons. The average Bonchev–Trinajstić information content (AvgIpc) is 2.43. The van der Waals surface area contributed by atoms with E-state index in [1.165, 1.54) is 17.5 Å². The highest BCUT2D eigenvalue weighted by atomic mass is 35.5. The summed E-state index contributed by atoms with van der Waals surface area (Å²) < 4.78 is 5.54. The van der Waals surface area contributed by atoms with Crippen LogP contribution in [0.2, 0.25) is 0 Å². The Kier molecular flexibility index (Phi) is 7.32. The number of fused-ring (bicyclic) bond motifs is 1. The van der Waals surface area contributed by atoms with E-state index >= 15 is 0 Å². The molecule has 4 heteroatoms. The summed E-state index contributed by atoms with van der Waals surface area (Å²) in [4.78, 5) is 2.55. The predicted molar refractivity (Wildman–Crippen MR) is 93.2 cm³/mol. The Balaban J connectivity index is 0.00000220. The van der Waals surface area contributed by atoms with E-state index in [0.717, 1.165) is 25.1 Å². The van der Waals surface area contributed by atoms with Crippen molar-refractivity contribution >= 4 is 24.0 Å². The highest BCUT2D eigenvalue weighted by Gasteiger charge is 2.28. The third-order valence-corrected chi connectivity index (χ3v) is 4.37. The maximum atomic E-state index is 6.23. The third-order valence-electron chi connectivity index (χ3n) is 4.23. The lowest BCUT2D eigenvalue weighted by atomic mass is 9.86. The molecule has 0 N–H and O–H groups in total. The lowest BCUT2D eigenvalue weighted by Crippen LogP contribution is -2.46. The fourth-order valence-electron chi connectivity index (χ4n) is 3.28. The lowest BCUT2D eigenvalue weighted by Gasteiger charge is -2.39. The van der Waals surface area contributed by atoms with Gasteiger partial charge in [-0.25, -0.2) is 0 Å². The lowest BCUT2D eigenvalue weighted by molar-refractivity contribution is 0.140. The van der Waals surface area contributed by atoms with Gasteiger partial charge in [-0.2, -0.15) is 0 Å². The predicted octanol–water partition coefficient (Wildman–Crippen LogP) is 4.31. The Morgan fingerprint density at radius 3 is 2.62 bits per heavy atom. The number of halogens is 2. The molecule has 0 saturated carbocycles. The molecule has 0 saturated heterocycles. The number of aryl methyl sites for hydroxylation is 1. The van der Waals surface area contributed by atoms with Crippen LogP contribution in [0.15, 0.2) is 18.2 Å². The molecule has 0 aliphatic heterocycles. The zero-order chi connectivity index (χ0) is 14.7. The monoisotopic (exact) mass is 331 g/mol. The Morgan fingerprint density at radius 1 is 1.33 bits per heavy atom. The summed E-state index contributed by atoms with van der Waals surface area (Å²) in [6, 6.07) is 7.50. The average molecular weight is 332 g/mol. The number of alkyl halides is 1. The van der Waals surface area contributed by atoms with Gasteiger partial charge in [0.05, 0.1) is 7.11 Å². The first-order chi connectivity index (χ1) is 9.52. The number of rotatable bonds is 5. The van der Waals surface area contributed by atoms with Crippen molar-refractivity contribution in [1.29, 1.82) is 0 Å². The van der Waals surface area contributed by atoms with E-state index in [0.29, 0.717) is 12.1 Å². The Morgan fingerprint density at radius 2 is 2.05 bits per heavy atom. The normalized spacial score (nSPS) is 19.1. The molecule has 0 bridgehead atoms. The standard InChI is InChI=1S/C17H26ClNO.ClH/c1-12(2)19(11-13(3)18)15-9-8-14-6-5-7-17(20-4)16(14)10-15;/h5-7,12-13,15H,8-11H2,1-4H3;1H/t13-,15-;/m0./s1. The van der Waals surface area contributed by atoms with Gasteiger partial charge in [-0.05, 0) is 57.2 Å². The molecule has 0 heterocycles. The highest BCUT2D eigenvalue weighted by molar-refractivity contribution is 6.20. The molecular formula is C17H27Cl2NO. The van der Waals surface area contributed by atoms with E-state index in [4.69, 9.17) is 16.3 Å². The van der Waals surface area contributed by atoms with Gasteiger partial charge >= 0.3 is 0 Å². The summed E-state index contributed by atoms with van der Waals surface area (Å²) in [5.74, 6) is 1.04. The van der Waals surface area contributed by atoms with Crippen molar-refractivity contribution in [3.05, 3.63) is 29.3 Å². The molecule has 21 heavy (non-hydrogen) atoms. The molecule has 1 aromatic carbocycles. The summed E-state index contributed by atoms with van der Waals surface area (Å²) >= 11 is 6.23. The first-order valence-corrected chi connectivity index (χ1v) is 8.01. The molecule has 2 nitrogen and oxygen atoms in total. The number of nitrogens with zero attached hydrogens (tertiary/aromatic N) is 1. The second-order valence-corrected chi connectivity index (χ2v) is 6.81. The van der Waals surface area contributed by atoms with Gasteiger partial charge in [0, 0.05) is 24.0 Å². The summed E-state index contributed by atoms with van der Waals surface area (Å²) in [5.41, 5.74) is 2.84. The van der Waals surface area contributed by atoms with Crippen molar-refractivity contribution in [2.24, 2.45) is 0 Å². The molecule has 0 aromatic heterocycles. The van der Waals surface area contributed by atoms with Crippen molar-refractivity contribution in [2.75, 3.05) is 13.7 Å². The minimum Gasteiger partial charge on any atom is -0.496 e. The van der Waals surface area contributed by atoms with Gasteiger partial charge in [0.15, 0.2) is 0 Å².